The number of rotatable bonds is 0. The van der Waals surface area contributed by atoms with Crippen molar-refractivity contribution in [2.45, 2.75) is 64.2 Å². The maximum Gasteiger partial charge on any atom is -0.0318 e. The SMILES string of the molecule is C1CCC(=C2CCCCC2)CC1. The van der Waals surface area contributed by atoms with Crippen LogP contribution in [-0.4, -0.2) is 0 Å². The van der Waals surface area contributed by atoms with Gasteiger partial charge in [-0.3, -0.25) is 0 Å². The van der Waals surface area contributed by atoms with Crippen LogP contribution in [0.15, 0.2) is 11.1 Å². The Bertz CT molecular complexity index is 140. The summed E-state index contributed by atoms with van der Waals surface area (Å²) >= 11 is 0. The van der Waals surface area contributed by atoms with Gasteiger partial charge in [-0.05, 0) is 51.4 Å². The molecule has 0 amide bonds. The third-order valence-electron chi connectivity index (χ3n) is 3.41. The molecule has 0 nitrogen and oxygen atoms in total. The van der Waals surface area contributed by atoms with E-state index in [4.69, 9.17) is 0 Å². The van der Waals surface area contributed by atoms with Crippen LogP contribution in [0.3, 0.4) is 0 Å². The molecule has 0 aromatic rings. The van der Waals surface area contributed by atoms with E-state index in [2.05, 4.69) is 0 Å². The molecule has 68 valence electrons. The average molecular weight is 164 g/mol. The van der Waals surface area contributed by atoms with Crippen molar-refractivity contribution < 1.29 is 0 Å². The van der Waals surface area contributed by atoms with Gasteiger partial charge in [0.05, 0.1) is 0 Å². The largest absolute Gasteiger partial charge is 0.0710 e. The Morgan fingerprint density at radius 2 is 0.750 bits per heavy atom. The van der Waals surface area contributed by atoms with Gasteiger partial charge in [0.1, 0.15) is 0 Å². The lowest BCUT2D eigenvalue weighted by atomic mass is 9.84. The van der Waals surface area contributed by atoms with Crippen molar-refractivity contribution in [2.75, 3.05) is 0 Å². The van der Waals surface area contributed by atoms with Gasteiger partial charge in [0.25, 0.3) is 0 Å². The molecule has 2 aliphatic rings. The van der Waals surface area contributed by atoms with Crippen molar-refractivity contribution in [3.8, 4) is 0 Å². The van der Waals surface area contributed by atoms with E-state index in [-0.39, 0.29) is 0 Å². The van der Waals surface area contributed by atoms with E-state index in [0.29, 0.717) is 0 Å². The van der Waals surface area contributed by atoms with Gasteiger partial charge >= 0.3 is 0 Å². The topological polar surface area (TPSA) is 0 Å². The van der Waals surface area contributed by atoms with E-state index >= 15 is 0 Å². The monoisotopic (exact) mass is 164 g/mol. The molecule has 0 heteroatoms. The van der Waals surface area contributed by atoms with Crippen LogP contribution in [0.2, 0.25) is 0 Å². The van der Waals surface area contributed by atoms with Gasteiger partial charge in [0.15, 0.2) is 0 Å². The van der Waals surface area contributed by atoms with Crippen LogP contribution < -0.4 is 0 Å². The lowest BCUT2D eigenvalue weighted by molar-refractivity contribution is 0.548. The molecule has 0 radical (unpaired) electrons. The van der Waals surface area contributed by atoms with Crippen molar-refractivity contribution in [2.24, 2.45) is 0 Å². The summed E-state index contributed by atoms with van der Waals surface area (Å²) in [5.41, 5.74) is 3.72. The van der Waals surface area contributed by atoms with Gasteiger partial charge in [0.2, 0.25) is 0 Å². The molecule has 0 unspecified atom stereocenters. The molecule has 0 saturated heterocycles. The third-order valence-corrected chi connectivity index (χ3v) is 3.41. The van der Waals surface area contributed by atoms with Crippen LogP contribution in [0.5, 0.6) is 0 Å². The summed E-state index contributed by atoms with van der Waals surface area (Å²) in [6, 6.07) is 0. The molecule has 0 spiro atoms. The first kappa shape index (κ1) is 8.34. The molecular formula is C12H20. The van der Waals surface area contributed by atoms with Crippen LogP contribution in [0.25, 0.3) is 0 Å². The molecule has 0 heterocycles. The Hall–Kier alpha value is -0.260. The highest BCUT2D eigenvalue weighted by atomic mass is 14.2. The highest BCUT2D eigenvalue weighted by molar-refractivity contribution is 5.16. The van der Waals surface area contributed by atoms with Gasteiger partial charge in [0, 0.05) is 0 Å². The fourth-order valence-corrected chi connectivity index (χ4v) is 2.66. The quantitative estimate of drug-likeness (QED) is 0.470. The lowest BCUT2D eigenvalue weighted by Crippen LogP contribution is -2.02. The Labute approximate surface area is 76.1 Å². The van der Waals surface area contributed by atoms with E-state index in [9.17, 15) is 0 Å². The molecule has 12 heavy (non-hydrogen) atoms. The van der Waals surface area contributed by atoms with E-state index in [1.807, 2.05) is 11.1 Å². The zero-order chi connectivity index (χ0) is 8.23. The highest BCUT2D eigenvalue weighted by Gasteiger charge is 2.13. The second kappa shape index (κ2) is 4.11. The standard InChI is InChI=1S/C12H20/c1-3-7-11(8-4-1)12-9-5-2-6-10-12/h1-10H2. The summed E-state index contributed by atoms with van der Waals surface area (Å²) in [5, 5.41) is 0. The van der Waals surface area contributed by atoms with Crippen LogP contribution in [0, 0.1) is 0 Å². The molecular weight excluding hydrogens is 144 g/mol. The summed E-state index contributed by atoms with van der Waals surface area (Å²) in [5.74, 6) is 0. The van der Waals surface area contributed by atoms with Crippen molar-refractivity contribution in [1.82, 2.24) is 0 Å². The fourth-order valence-electron chi connectivity index (χ4n) is 2.66. The van der Waals surface area contributed by atoms with E-state index < -0.39 is 0 Å². The van der Waals surface area contributed by atoms with Crippen molar-refractivity contribution >= 4 is 0 Å². The third kappa shape index (κ3) is 1.91. The van der Waals surface area contributed by atoms with Gasteiger partial charge in [-0.1, -0.05) is 24.0 Å². The molecule has 2 rings (SSSR count). The van der Waals surface area contributed by atoms with Crippen molar-refractivity contribution in [1.29, 1.82) is 0 Å². The van der Waals surface area contributed by atoms with Gasteiger partial charge in [-0.15, -0.1) is 0 Å². The minimum atomic E-state index is 1.44. The summed E-state index contributed by atoms with van der Waals surface area (Å²) in [7, 11) is 0. The molecule has 2 saturated carbocycles. The molecule has 2 fully saturated rings. The van der Waals surface area contributed by atoms with Gasteiger partial charge < -0.3 is 0 Å². The second-order valence-electron chi connectivity index (χ2n) is 4.33. The summed E-state index contributed by atoms with van der Waals surface area (Å²) in [6.45, 7) is 0. The van der Waals surface area contributed by atoms with Crippen LogP contribution >= 0.6 is 0 Å². The zero-order valence-electron chi connectivity index (χ0n) is 8.07. The van der Waals surface area contributed by atoms with Crippen LogP contribution in [0.1, 0.15) is 64.2 Å². The number of hydrogen-bond acceptors (Lipinski definition) is 0. The normalized spacial score (nSPS) is 26.0. The summed E-state index contributed by atoms with van der Waals surface area (Å²) in [6.07, 6.45) is 14.6. The van der Waals surface area contributed by atoms with Crippen molar-refractivity contribution in [3.05, 3.63) is 11.1 Å². The maximum atomic E-state index is 1.86. The minimum absolute atomic E-state index is 1.44. The molecule has 0 aromatic heterocycles. The highest BCUT2D eigenvalue weighted by Crippen LogP contribution is 2.33. The predicted octanol–water partition coefficient (Wildman–Crippen LogP) is 4.21. The fraction of sp³-hybridized carbons (Fsp3) is 0.833. The first-order valence-corrected chi connectivity index (χ1v) is 5.66. The van der Waals surface area contributed by atoms with E-state index in [0.717, 1.165) is 0 Å². The maximum absolute atomic E-state index is 1.86. The Balaban J connectivity index is 2.00. The molecule has 0 aromatic carbocycles. The lowest BCUT2D eigenvalue weighted by Gasteiger charge is -2.22. The molecule has 0 aliphatic heterocycles. The second-order valence-corrected chi connectivity index (χ2v) is 4.33. The van der Waals surface area contributed by atoms with Crippen LogP contribution in [0.4, 0.5) is 0 Å². The first-order valence-electron chi connectivity index (χ1n) is 5.66. The summed E-state index contributed by atoms with van der Waals surface area (Å²) in [4.78, 5) is 0. The Morgan fingerprint density at radius 1 is 0.417 bits per heavy atom. The predicted molar refractivity (Wildman–Crippen MR) is 53.2 cm³/mol. The average Bonchev–Trinajstić information content (AvgIpc) is 2.21. The molecule has 0 N–H and O–H groups in total. The van der Waals surface area contributed by atoms with E-state index in [1.54, 1.807) is 0 Å². The molecule has 2 aliphatic carbocycles. The smallest absolute Gasteiger partial charge is 0.0318 e. The first-order chi connectivity index (χ1) is 5.97. The Morgan fingerprint density at radius 3 is 1.08 bits per heavy atom. The molecule has 0 bridgehead atoms. The number of hydrogen-bond donors (Lipinski definition) is 0. The zero-order valence-corrected chi connectivity index (χ0v) is 8.07. The number of allylic oxidation sites excluding steroid dienone is 2. The van der Waals surface area contributed by atoms with Crippen molar-refractivity contribution in [3.63, 3.8) is 0 Å². The van der Waals surface area contributed by atoms with Gasteiger partial charge in [-0.2, -0.15) is 0 Å². The minimum Gasteiger partial charge on any atom is -0.0710 e. The van der Waals surface area contributed by atoms with Crippen LogP contribution in [-0.2, 0) is 0 Å². The Kier molecular flexibility index (Phi) is 2.86. The molecule has 0 atom stereocenters. The van der Waals surface area contributed by atoms with Gasteiger partial charge in [-0.25, -0.2) is 0 Å². The van der Waals surface area contributed by atoms with E-state index in [1.165, 1.54) is 64.2 Å². The summed E-state index contributed by atoms with van der Waals surface area (Å²) < 4.78 is 0.